The second-order valence-corrected chi connectivity index (χ2v) is 7.77. The fourth-order valence-corrected chi connectivity index (χ4v) is 3.13. The summed E-state index contributed by atoms with van der Waals surface area (Å²) in [6, 6.07) is 6.14. The second-order valence-electron chi connectivity index (χ2n) is 6.02. The number of aromatic nitrogens is 2. The zero-order valence-electron chi connectivity index (χ0n) is 14.2. The highest BCUT2D eigenvalue weighted by atomic mass is 32.2. The van der Waals surface area contributed by atoms with Crippen LogP contribution in [-0.4, -0.2) is 30.1 Å². The first kappa shape index (κ1) is 18.9. The Labute approximate surface area is 152 Å². The molecule has 6 nitrogen and oxygen atoms in total. The van der Waals surface area contributed by atoms with E-state index < -0.39 is 27.7 Å². The van der Waals surface area contributed by atoms with Gasteiger partial charge in [0, 0.05) is 30.4 Å². The maximum Gasteiger partial charge on any atom is 0.416 e. The van der Waals surface area contributed by atoms with Crippen LogP contribution >= 0.6 is 0 Å². The molecule has 0 spiro atoms. The van der Waals surface area contributed by atoms with E-state index in [0.29, 0.717) is 22.0 Å². The highest BCUT2D eigenvalue weighted by Crippen LogP contribution is 2.34. The standard InChI is InChI=1S/C17H14F3N3O3S/c1-23-9-13(10-3-5-11(6-4-10)17(18,19)20)12-8-21-14(7-15(12)23)16(24)22-27(2,25)26/h3-9H,1-2H3,(H,22,24). The number of carbonyl (C=O) groups is 1. The Morgan fingerprint density at radius 2 is 1.81 bits per heavy atom. The van der Waals surface area contributed by atoms with Crippen LogP contribution in [0.15, 0.2) is 42.7 Å². The van der Waals surface area contributed by atoms with Crippen molar-refractivity contribution in [2.75, 3.05) is 6.26 Å². The number of fused-ring (bicyclic) bond motifs is 1. The molecule has 2 aromatic heterocycles. The van der Waals surface area contributed by atoms with Crippen LogP contribution in [-0.2, 0) is 23.2 Å². The lowest BCUT2D eigenvalue weighted by atomic mass is 10.0. The Hall–Kier alpha value is -2.88. The van der Waals surface area contributed by atoms with Gasteiger partial charge in [0.25, 0.3) is 5.91 Å². The maximum absolute atomic E-state index is 12.7. The molecule has 0 unspecified atom stereocenters. The van der Waals surface area contributed by atoms with Gasteiger partial charge in [0.1, 0.15) is 5.69 Å². The zero-order chi connectivity index (χ0) is 20.0. The fourth-order valence-electron chi connectivity index (χ4n) is 2.69. The molecular formula is C17H14F3N3O3S. The zero-order valence-corrected chi connectivity index (χ0v) is 15.0. The van der Waals surface area contributed by atoms with Crippen LogP contribution in [0.2, 0.25) is 0 Å². The number of halogens is 3. The van der Waals surface area contributed by atoms with Gasteiger partial charge in [-0.15, -0.1) is 0 Å². The van der Waals surface area contributed by atoms with E-state index >= 15 is 0 Å². The van der Waals surface area contributed by atoms with Gasteiger partial charge in [-0.3, -0.25) is 9.78 Å². The summed E-state index contributed by atoms with van der Waals surface area (Å²) in [7, 11) is -2.02. The molecule has 0 aliphatic rings. The summed E-state index contributed by atoms with van der Waals surface area (Å²) >= 11 is 0. The van der Waals surface area contributed by atoms with Crippen LogP contribution in [0.4, 0.5) is 13.2 Å². The molecule has 10 heteroatoms. The predicted octanol–water partition coefficient (Wildman–Crippen LogP) is 2.95. The number of benzene rings is 1. The number of rotatable bonds is 3. The minimum absolute atomic E-state index is 0.0897. The summed E-state index contributed by atoms with van der Waals surface area (Å²) in [6.07, 6.45) is -0.470. The van der Waals surface area contributed by atoms with Crippen molar-refractivity contribution in [2.24, 2.45) is 7.05 Å². The number of hydrogen-bond donors (Lipinski definition) is 1. The lowest BCUT2D eigenvalue weighted by molar-refractivity contribution is -0.137. The number of nitrogens with one attached hydrogen (secondary N) is 1. The lowest BCUT2D eigenvalue weighted by Gasteiger charge is -2.07. The van der Waals surface area contributed by atoms with E-state index in [1.54, 1.807) is 17.8 Å². The molecule has 2 heterocycles. The molecule has 1 amide bonds. The van der Waals surface area contributed by atoms with E-state index in [1.807, 2.05) is 4.72 Å². The van der Waals surface area contributed by atoms with Crippen molar-refractivity contribution in [3.8, 4) is 11.1 Å². The van der Waals surface area contributed by atoms with Crippen molar-refractivity contribution in [1.82, 2.24) is 14.3 Å². The van der Waals surface area contributed by atoms with E-state index in [1.165, 1.54) is 24.4 Å². The van der Waals surface area contributed by atoms with Gasteiger partial charge in [0.15, 0.2) is 0 Å². The molecule has 0 saturated carbocycles. The van der Waals surface area contributed by atoms with Gasteiger partial charge in [-0.05, 0) is 23.8 Å². The molecule has 27 heavy (non-hydrogen) atoms. The molecule has 1 aromatic carbocycles. The molecule has 0 atom stereocenters. The van der Waals surface area contributed by atoms with Crippen molar-refractivity contribution in [2.45, 2.75) is 6.18 Å². The summed E-state index contributed by atoms with van der Waals surface area (Å²) in [6.45, 7) is 0. The number of nitrogens with zero attached hydrogens (tertiary/aromatic N) is 2. The first-order chi connectivity index (χ1) is 12.5. The van der Waals surface area contributed by atoms with Crippen LogP contribution in [0.1, 0.15) is 16.1 Å². The number of carbonyl (C=O) groups excluding carboxylic acids is 1. The lowest BCUT2D eigenvalue weighted by Crippen LogP contribution is -2.29. The number of alkyl halides is 3. The number of aryl methyl sites for hydroxylation is 1. The topological polar surface area (TPSA) is 81.1 Å². The quantitative estimate of drug-likeness (QED) is 0.737. The van der Waals surface area contributed by atoms with Crippen molar-refractivity contribution in [3.05, 3.63) is 54.0 Å². The minimum atomic E-state index is -4.42. The van der Waals surface area contributed by atoms with E-state index in [0.717, 1.165) is 18.4 Å². The minimum Gasteiger partial charge on any atom is -0.350 e. The molecule has 3 rings (SSSR count). The third kappa shape index (κ3) is 3.95. The van der Waals surface area contributed by atoms with Crippen molar-refractivity contribution in [1.29, 1.82) is 0 Å². The molecular weight excluding hydrogens is 383 g/mol. The summed E-state index contributed by atoms with van der Waals surface area (Å²) in [5.74, 6) is -0.864. The second kappa shape index (κ2) is 6.38. The SMILES string of the molecule is Cn1cc(-c2ccc(C(F)(F)F)cc2)c2cnc(C(=O)NS(C)(=O)=O)cc21. The molecule has 1 N–H and O–H groups in total. The van der Waals surface area contributed by atoms with E-state index in [-0.39, 0.29) is 5.69 Å². The third-order valence-electron chi connectivity index (χ3n) is 3.91. The average Bonchev–Trinajstić information content (AvgIpc) is 2.89. The van der Waals surface area contributed by atoms with Gasteiger partial charge in [0.2, 0.25) is 10.0 Å². The largest absolute Gasteiger partial charge is 0.416 e. The van der Waals surface area contributed by atoms with E-state index in [9.17, 15) is 26.4 Å². The normalized spacial score (nSPS) is 12.3. The smallest absolute Gasteiger partial charge is 0.350 e. The van der Waals surface area contributed by atoms with Crippen LogP contribution < -0.4 is 4.72 Å². The highest BCUT2D eigenvalue weighted by molar-refractivity contribution is 7.89. The van der Waals surface area contributed by atoms with Crippen LogP contribution in [0.25, 0.3) is 22.0 Å². The molecule has 0 fully saturated rings. The molecule has 3 aromatic rings. The Morgan fingerprint density at radius 1 is 1.19 bits per heavy atom. The molecule has 142 valence electrons. The Morgan fingerprint density at radius 3 is 2.37 bits per heavy atom. The van der Waals surface area contributed by atoms with Crippen LogP contribution in [0, 0.1) is 0 Å². The number of amides is 1. The van der Waals surface area contributed by atoms with Crippen molar-refractivity contribution in [3.63, 3.8) is 0 Å². The van der Waals surface area contributed by atoms with E-state index in [4.69, 9.17) is 0 Å². The number of pyridine rings is 1. The maximum atomic E-state index is 12.7. The Balaban J connectivity index is 2.03. The van der Waals surface area contributed by atoms with Crippen molar-refractivity contribution >= 4 is 26.8 Å². The Bertz CT molecular complexity index is 1130. The van der Waals surface area contributed by atoms with Gasteiger partial charge in [0.05, 0.1) is 17.3 Å². The predicted molar refractivity (Wildman–Crippen MR) is 93.5 cm³/mol. The molecule has 0 bridgehead atoms. The van der Waals surface area contributed by atoms with Gasteiger partial charge in [-0.2, -0.15) is 13.2 Å². The third-order valence-corrected chi connectivity index (χ3v) is 4.47. The average molecular weight is 397 g/mol. The summed E-state index contributed by atoms with van der Waals surface area (Å²) in [5, 5.41) is 0.619. The number of hydrogen-bond acceptors (Lipinski definition) is 4. The van der Waals surface area contributed by atoms with Crippen molar-refractivity contribution < 1.29 is 26.4 Å². The van der Waals surface area contributed by atoms with Gasteiger partial charge in [-0.25, -0.2) is 13.1 Å². The van der Waals surface area contributed by atoms with Gasteiger partial charge >= 0.3 is 6.18 Å². The first-order valence-electron chi connectivity index (χ1n) is 7.60. The van der Waals surface area contributed by atoms with E-state index in [2.05, 4.69) is 4.98 Å². The highest BCUT2D eigenvalue weighted by Gasteiger charge is 2.30. The molecule has 0 radical (unpaired) electrons. The monoisotopic (exact) mass is 397 g/mol. The summed E-state index contributed by atoms with van der Waals surface area (Å²) in [4.78, 5) is 15.9. The summed E-state index contributed by atoms with van der Waals surface area (Å²) < 4.78 is 64.1. The molecule has 0 saturated heterocycles. The fraction of sp³-hybridized carbons (Fsp3) is 0.176. The molecule has 0 aliphatic heterocycles. The number of sulfonamides is 1. The van der Waals surface area contributed by atoms with Gasteiger partial charge < -0.3 is 4.57 Å². The first-order valence-corrected chi connectivity index (χ1v) is 9.50. The summed E-state index contributed by atoms with van der Waals surface area (Å²) in [5.41, 5.74) is 0.948. The van der Waals surface area contributed by atoms with Crippen LogP contribution in [0.5, 0.6) is 0 Å². The van der Waals surface area contributed by atoms with Crippen LogP contribution in [0.3, 0.4) is 0 Å². The molecule has 0 aliphatic carbocycles. The van der Waals surface area contributed by atoms with Gasteiger partial charge in [-0.1, -0.05) is 12.1 Å². The Kier molecular flexibility index (Phi) is 4.46.